The standard InChI is InChI=1S/C26H23N3O5S/c1-3-15-4-6-20-19(11-15)28-25(34-20)18-13-17(10-14(2)23(18)30)27-26(35)29-24(31)16-5-7-21-22(12-16)33-9-8-32-21/h4-7,10-13,30H,3,8-9H2,1-2H3,(H2,27,29,31,35). The lowest BCUT2D eigenvalue weighted by Crippen LogP contribution is -2.34. The molecule has 9 heteroatoms. The second kappa shape index (κ2) is 9.27. The predicted octanol–water partition coefficient (Wildman–Crippen LogP) is 4.97. The molecule has 3 N–H and O–H groups in total. The number of carbonyl (C=O) groups excluding carboxylic acids is 1. The molecule has 0 spiro atoms. The first-order valence-corrected chi connectivity index (χ1v) is 11.6. The number of aromatic nitrogens is 1. The highest BCUT2D eigenvalue weighted by Crippen LogP contribution is 2.36. The number of amides is 1. The lowest BCUT2D eigenvalue weighted by atomic mass is 10.1. The van der Waals surface area contributed by atoms with Crippen LogP contribution in [0, 0.1) is 6.92 Å². The fourth-order valence-corrected chi connectivity index (χ4v) is 4.06. The van der Waals surface area contributed by atoms with E-state index in [0.717, 1.165) is 17.5 Å². The van der Waals surface area contributed by atoms with Gasteiger partial charge in [-0.15, -0.1) is 0 Å². The van der Waals surface area contributed by atoms with Crippen molar-refractivity contribution in [2.75, 3.05) is 18.5 Å². The van der Waals surface area contributed by atoms with E-state index in [4.69, 9.17) is 26.1 Å². The second-order valence-corrected chi connectivity index (χ2v) is 8.54. The first-order chi connectivity index (χ1) is 16.9. The zero-order valence-electron chi connectivity index (χ0n) is 19.2. The summed E-state index contributed by atoms with van der Waals surface area (Å²) in [6, 6.07) is 14.2. The van der Waals surface area contributed by atoms with E-state index in [1.54, 1.807) is 37.3 Å². The third-order valence-electron chi connectivity index (χ3n) is 5.68. The van der Waals surface area contributed by atoms with E-state index in [2.05, 4.69) is 22.5 Å². The zero-order valence-corrected chi connectivity index (χ0v) is 20.0. The lowest BCUT2D eigenvalue weighted by molar-refractivity contribution is 0.0976. The molecule has 1 aliphatic rings. The molecule has 0 saturated heterocycles. The van der Waals surface area contributed by atoms with Gasteiger partial charge in [0.2, 0.25) is 5.89 Å². The lowest BCUT2D eigenvalue weighted by Gasteiger charge is -2.18. The fourth-order valence-electron chi connectivity index (χ4n) is 3.85. The van der Waals surface area contributed by atoms with Crippen molar-refractivity contribution < 1.29 is 23.8 Å². The smallest absolute Gasteiger partial charge is 0.257 e. The van der Waals surface area contributed by atoms with Crippen molar-refractivity contribution in [2.45, 2.75) is 20.3 Å². The number of carbonyl (C=O) groups is 1. The molecule has 178 valence electrons. The van der Waals surface area contributed by atoms with Crippen LogP contribution in [0.3, 0.4) is 0 Å². The molecule has 8 nitrogen and oxygen atoms in total. The number of rotatable bonds is 4. The summed E-state index contributed by atoms with van der Waals surface area (Å²) in [6.45, 7) is 4.74. The first kappa shape index (κ1) is 22.7. The molecule has 35 heavy (non-hydrogen) atoms. The topological polar surface area (TPSA) is 106 Å². The van der Waals surface area contributed by atoms with Gasteiger partial charge in [-0.3, -0.25) is 10.1 Å². The molecule has 3 aromatic carbocycles. The van der Waals surface area contributed by atoms with Crippen molar-refractivity contribution in [1.29, 1.82) is 0 Å². The third-order valence-corrected chi connectivity index (χ3v) is 5.88. The maximum atomic E-state index is 12.7. The van der Waals surface area contributed by atoms with Crippen molar-refractivity contribution in [1.82, 2.24) is 10.3 Å². The van der Waals surface area contributed by atoms with Gasteiger partial charge in [-0.2, -0.15) is 0 Å². The van der Waals surface area contributed by atoms with Crippen LogP contribution in [0.4, 0.5) is 5.69 Å². The maximum Gasteiger partial charge on any atom is 0.257 e. The van der Waals surface area contributed by atoms with Crippen molar-refractivity contribution >= 4 is 40.0 Å². The van der Waals surface area contributed by atoms with Gasteiger partial charge in [0, 0.05) is 11.3 Å². The maximum absolute atomic E-state index is 12.7. The summed E-state index contributed by atoms with van der Waals surface area (Å²) in [4.78, 5) is 17.3. The largest absolute Gasteiger partial charge is 0.507 e. The summed E-state index contributed by atoms with van der Waals surface area (Å²) in [6.07, 6.45) is 0.886. The summed E-state index contributed by atoms with van der Waals surface area (Å²) < 4.78 is 16.9. The van der Waals surface area contributed by atoms with Gasteiger partial charge in [0.25, 0.3) is 5.91 Å². The van der Waals surface area contributed by atoms with Crippen LogP contribution >= 0.6 is 12.2 Å². The minimum Gasteiger partial charge on any atom is -0.507 e. The molecule has 5 rings (SSSR count). The Morgan fingerprint density at radius 1 is 1.09 bits per heavy atom. The fraction of sp³-hybridized carbons (Fsp3) is 0.192. The highest BCUT2D eigenvalue weighted by atomic mass is 32.1. The average molecular weight is 490 g/mol. The Hall–Kier alpha value is -4.11. The first-order valence-electron chi connectivity index (χ1n) is 11.2. The van der Waals surface area contributed by atoms with Crippen LogP contribution in [0.5, 0.6) is 17.2 Å². The molecule has 0 radical (unpaired) electrons. The summed E-state index contributed by atoms with van der Waals surface area (Å²) >= 11 is 5.35. The molecule has 1 amide bonds. The van der Waals surface area contributed by atoms with E-state index in [-0.39, 0.29) is 16.8 Å². The molecule has 1 aliphatic heterocycles. The summed E-state index contributed by atoms with van der Waals surface area (Å²) in [7, 11) is 0. The van der Waals surface area contributed by atoms with Gasteiger partial charge in [0.05, 0.1) is 5.56 Å². The highest BCUT2D eigenvalue weighted by molar-refractivity contribution is 7.80. The van der Waals surface area contributed by atoms with E-state index in [0.29, 0.717) is 58.6 Å². The number of ether oxygens (including phenoxy) is 2. The van der Waals surface area contributed by atoms with Crippen LogP contribution in [-0.2, 0) is 6.42 Å². The molecule has 0 unspecified atom stereocenters. The van der Waals surface area contributed by atoms with E-state index in [1.165, 1.54) is 0 Å². The second-order valence-electron chi connectivity index (χ2n) is 8.13. The number of nitrogens with one attached hydrogen (secondary N) is 2. The van der Waals surface area contributed by atoms with Crippen LogP contribution in [0.15, 0.2) is 52.9 Å². The van der Waals surface area contributed by atoms with Crippen molar-refractivity contribution in [3.63, 3.8) is 0 Å². The number of anilines is 1. The molecule has 0 bridgehead atoms. The number of nitrogens with zero attached hydrogens (tertiary/aromatic N) is 1. The number of oxazole rings is 1. The minimum atomic E-state index is -0.388. The molecule has 0 saturated carbocycles. The van der Waals surface area contributed by atoms with Gasteiger partial charge in [-0.25, -0.2) is 4.98 Å². The van der Waals surface area contributed by atoms with E-state index in [9.17, 15) is 9.90 Å². The molecule has 0 atom stereocenters. The number of phenols is 1. The number of hydrogen-bond donors (Lipinski definition) is 3. The zero-order chi connectivity index (χ0) is 24.5. The van der Waals surface area contributed by atoms with E-state index < -0.39 is 0 Å². The molecular weight excluding hydrogens is 466 g/mol. The summed E-state index contributed by atoms with van der Waals surface area (Å²) in [5, 5.41) is 16.4. The van der Waals surface area contributed by atoms with Gasteiger partial charge in [-0.05, 0) is 79.2 Å². The Kier molecular flexibility index (Phi) is 6.00. The number of fused-ring (bicyclic) bond motifs is 2. The van der Waals surface area contributed by atoms with Crippen LogP contribution < -0.4 is 20.1 Å². The van der Waals surface area contributed by atoms with E-state index >= 15 is 0 Å². The predicted molar refractivity (Wildman–Crippen MR) is 136 cm³/mol. The highest BCUT2D eigenvalue weighted by Gasteiger charge is 2.18. The van der Waals surface area contributed by atoms with E-state index in [1.807, 2.05) is 18.2 Å². The SMILES string of the molecule is CCc1ccc2oc(-c3cc(NC(=S)NC(=O)c4ccc5c(c4)OCCO5)cc(C)c3O)nc2c1. The number of benzene rings is 3. The Bertz CT molecular complexity index is 1460. The normalized spacial score (nSPS) is 12.4. The van der Waals surface area contributed by atoms with Gasteiger partial charge >= 0.3 is 0 Å². The molecule has 1 aromatic heterocycles. The average Bonchev–Trinajstić information content (AvgIpc) is 3.28. The van der Waals surface area contributed by atoms with Crippen molar-refractivity contribution in [3.05, 3.63) is 65.2 Å². The molecule has 0 aliphatic carbocycles. The number of hydrogen-bond acceptors (Lipinski definition) is 7. The number of phenolic OH excluding ortho intramolecular Hbond substituents is 1. The Morgan fingerprint density at radius 3 is 2.69 bits per heavy atom. The summed E-state index contributed by atoms with van der Waals surface area (Å²) in [5.74, 6) is 1.09. The van der Waals surface area contributed by atoms with Crippen LogP contribution in [0.25, 0.3) is 22.6 Å². The number of aryl methyl sites for hydroxylation is 2. The summed E-state index contributed by atoms with van der Waals surface area (Å²) in [5.41, 5.74) is 4.47. The van der Waals surface area contributed by atoms with Gasteiger partial charge in [-0.1, -0.05) is 13.0 Å². The van der Waals surface area contributed by atoms with Crippen LogP contribution in [-0.4, -0.2) is 34.3 Å². The Labute approximate surface area is 206 Å². The minimum absolute atomic E-state index is 0.0593. The van der Waals surface area contributed by atoms with Gasteiger partial charge in [0.15, 0.2) is 22.2 Å². The number of aromatic hydroxyl groups is 1. The van der Waals surface area contributed by atoms with Gasteiger partial charge in [0.1, 0.15) is 24.5 Å². The van der Waals surface area contributed by atoms with Crippen molar-refractivity contribution in [2.24, 2.45) is 0 Å². The van der Waals surface area contributed by atoms with Gasteiger partial charge < -0.3 is 24.3 Å². The Balaban J connectivity index is 1.35. The molecular formula is C26H23N3O5S. The Morgan fingerprint density at radius 2 is 1.89 bits per heavy atom. The molecule has 0 fully saturated rings. The van der Waals surface area contributed by atoms with Crippen molar-refractivity contribution in [3.8, 4) is 28.7 Å². The number of thiocarbonyl (C=S) groups is 1. The quantitative estimate of drug-likeness (QED) is 0.273. The van der Waals surface area contributed by atoms with Crippen LogP contribution in [0.2, 0.25) is 0 Å². The third kappa shape index (κ3) is 4.63. The van der Waals surface area contributed by atoms with Crippen LogP contribution in [0.1, 0.15) is 28.4 Å². The monoisotopic (exact) mass is 489 g/mol. The molecule has 2 heterocycles. The molecule has 4 aromatic rings.